The number of hydrogen-bond donors (Lipinski definition) is 2. The van der Waals surface area contributed by atoms with Crippen LogP contribution in [0.3, 0.4) is 0 Å². The Morgan fingerprint density at radius 2 is 1.05 bits per heavy atom. The Labute approximate surface area is 268 Å². The number of nitrogens with one attached hydrogen (secondary N) is 2. The molecule has 2 N–H and O–H groups in total. The van der Waals surface area contributed by atoms with E-state index in [4.69, 9.17) is 0 Å². The first-order valence-corrected chi connectivity index (χ1v) is 14.0. The van der Waals surface area contributed by atoms with Crippen LogP contribution in [0.2, 0.25) is 0 Å². The molecule has 0 unspecified atom stereocenters. The number of pyridine rings is 1. The topological polar surface area (TPSA) is 40.2 Å². The summed E-state index contributed by atoms with van der Waals surface area (Å²) >= 11 is 0. The van der Waals surface area contributed by atoms with Crippen molar-refractivity contribution in [2.24, 2.45) is 0 Å². The third kappa shape index (κ3) is 11.9. The molecule has 0 saturated heterocycles. The second kappa shape index (κ2) is 21.4. The van der Waals surface area contributed by atoms with Crippen LogP contribution in [0.5, 0.6) is 0 Å². The number of anilines is 2. The van der Waals surface area contributed by atoms with E-state index in [0.717, 1.165) is 76.9 Å². The van der Waals surface area contributed by atoms with Gasteiger partial charge in [-0.15, -0.1) is 0 Å². The van der Waals surface area contributed by atoms with E-state index in [1.807, 2.05) is 12.3 Å². The maximum Gasteiger partial charge on any atom is 2.00 e. The van der Waals surface area contributed by atoms with Gasteiger partial charge in [0.15, 0.2) is 0 Å². The van der Waals surface area contributed by atoms with Crippen LogP contribution in [0.15, 0.2) is 60.8 Å². The molecule has 2 aromatic carbocycles. The van der Waals surface area contributed by atoms with Gasteiger partial charge in [-0.2, -0.15) is 0 Å². The van der Waals surface area contributed by atoms with Gasteiger partial charge in [0, 0.05) is 50.3 Å². The first-order chi connectivity index (χ1) is 17.7. The van der Waals surface area contributed by atoms with Gasteiger partial charge < -0.3 is 44.6 Å². The molecule has 0 amide bonds. The van der Waals surface area contributed by atoms with Gasteiger partial charge in [-0.25, -0.2) is 0 Å². The number of nitrogens with zero attached hydrogens (tertiary/aromatic N) is 2. The molecule has 217 valence electrons. The Morgan fingerprint density at radius 1 is 0.615 bits per heavy atom. The molecule has 0 atom stereocenters. The summed E-state index contributed by atoms with van der Waals surface area (Å²) in [7, 11) is 0. The smallest absolute Gasteiger partial charge is 1.00 e. The molecule has 3 aromatic rings. The number of hydrogen-bond acceptors (Lipinski definition) is 4. The minimum atomic E-state index is 0. The van der Waals surface area contributed by atoms with Crippen LogP contribution in [0.1, 0.15) is 68.5 Å². The molecular weight excluding hydrogens is 659 g/mol. The standard InChI is InChI=1S/C32H46N4.2BrH.Co/c1-5-26-15-11-16-27(6-2)31(26)34-21-13-23-36(25-30-19-9-10-20-33-30)24-14-22-35-32-28(7-3)17-12-18-29(32)8-4;;;/h9-12,15-20,34-35H,5-8,13-14,21-25H2,1-4H3;2*1H;/q;;;+2/p-2. The summed E-state index contributed by atoms with van der Waals surface area (Å²) in [5.74, 6) is 0. The molecule has 0 aliphatic carbocycles. The van der Waals surface area contributed by atoms with E-state index in [0.29, 0.717) is 0 Å². The Morgan fingerprint density at radius 3 is 1.41 bits per heavy atom. The van der Waals surface area contributed by atoms with Gasteiger partial charge in [-0.3, -0.25) is 9.88 Å². The number of aryl methyl sites for hydroxylation is 4. The van der Waals surface area contributed by atoms with E-state index in [-0.39, 0.29) is 50.7 Å². The molecule has 0 bridgehead atoms. The summed E-state index contributed by atoms with van der Waals surface area (Å²) in [6.45, 7) is 14.0. The SMILES string of the molecule is CCc1cccc(CC)c1NCCCN(CCCNc1c(CC)cccc1CC)Cc1ccccn1.[Br-].[Br-].[Co+2]. The molecular formula is C32H46Br2CoN4. The predicted octanol–water partition coefficient (Wildman–Crippen LogP) is 1.14. The average molecular weight is 705 g/mol. The summed E-state index contributed by atoms with van der Waals surface area (Å²) in [4.78, 5) is 7.15. The normalized spacial score (nSPS) is 10.3. The molecule has 0 saturated carbocycles. The van der Waals surface area contributed by atoms with Crippen LogP contribution in [-0.4, -0.2) is 36.1 Å². The fourth-order valence-corrected chi connectivity index (χ4v) is 4.96. The summed E-state index contributed by atoms with van der Waals surface area (Å²) in [5.41, 5.74) is 9.53. The van der Waals surface area contributed by atoms with Crippen molar-refractivity contribution in [1.29, 1.82) is 0 Å². The minimum Gasteiger partial charge on any atom is -1.00 e. The maximum atomic E-state index is 4.59. The van der Waals surface area contributed by atoms with Gasteiger partial charge in [0.2, 0.25) is 0 Å². The van der Waals surface area contributed by atoms with Gasteiger partial charge in [0.25, 0.3) is 0 Å². The second-order valence-corrected chi connectivity index (χ2v) is 9.47. The molecule has 39 heavy (non-hydrogen) atoms. The fraction of sp³-hybridized carbons (Fsp3) is 0.469. The quantitative estimate of drug-likeness (QED) is 0.220. The predicted molar refractivity (Wildman–Crippen MR) is 156 cm³/mol. The molecule has 1 radical (unpaired) electrons. The van der Waals surface area contributed by atoms with Gasteiger partial charge in [-0.1, -0.05) is 70.2 Å². The van der Waals surface area contributed by atoms with Gasteiger partial charge >= 0.3 is 16.8 Å². The van der Waals surface area contributed by atoms with Crippen LogP contribution < -0.4 is 44.6 Å². The minimum absolute atomic E-state index is 0. The molecule has 0 spiro atoms. The Hall–Kier alpha value is -1.38. The first kappa shape index (κ1) is 37.6. The largest absolute Gasteiger partial charge is 2.00 e. The summed E-state index contributed by atoms with van der Waals surface area (Å²) in [6.07, 6.45) is 8.39. The molecule has 1 aromatic heterocycles. The van der Waals surface area contributed by atoms with Crippen LogP contribution in [0.4, 0.5) is 11.4 Å². The second-order valence-electron chi connectivity index (χ2n) is 9.47. The van der Waals surface area contributed by atoms with E-state index >= 15 is 0 Å². The first-order valence-electron chi connectivity index (χ1n) is 14.0. The molecule has 7 heteroatoms. The Balaban J connectivity index is 0.00000481. The van der Waals surface area contributed by atoms with Crippen molar-refractivity contribution in [2.45, 2.75) is 72.8 Å². The van der Waals surface area contributed by atoms with Crippen molar-refractivity contribution < 1.29 is 50.7 Å². The fourth-order valence-electron chi connectivity index (χ4n) is 4.96. The zero-order chi connectivity index (χ0) is 25.6. The van der Waals surface area contributed by atoms with Crippen LogP contribution in [-0.2, 0) is 49.0 Å². The third-order valence-electron chi connectivity index (χ3n) is 7.02. The number of benzene rings is 2. The average Bonchev–Trinajstić information content (AvgIpc) is 2.93. The summed E-state index contributed by atoms with van der Waals surface area (Å²) < 4.78 is 0. The van der Waals surface area contributed by atoms with Crippen LogP contribution >= 0.6 is 0 Å². The molecule has 0 fully saturated rings. The van der Waals surface area contributed by atoms with Crippen molar-refractivity contribution in [3.8, 4) is 0 Å². The van der Waals surface area contributed by atoms with E-state index in [9.17, 15) is 0 Å². The Kier molecular flexibility index (Phi) is 20.6. The van der Waals surface area contributed by atoms with E-state index in [1.165, 1.54) is 33.6 Å². The van der Waals surface area contributed by atoms with Gasteiger partial charge in [0.05, 0.1) is 5.69 Å². The number of halogens is 2. The van der Waals surface area contributed by atoms with Crippen molar-refractivity contribution in [1.82, 2.24) is 9.88 Å². The van der Waals surface area contributed by atoms with E-state index in [1.54, 1.807) is 0 Å². The van der Waals surface area contributed by atoms with E-state index in [2.05, 4.69) is 96.7 Å². The number of aromatic nitrogens is 1. The zero-order valence-corrected chi connectivity index (χ0v) is 28.2. The summed E-state index contributed by atoms with van der Waals surface area (Å²) in [5, 5.41) is 7.52. The molecule has 0 aliphatic heterocycles. The third-order valence-corrected chi connectivity index (χ3v) is 7.02. The van der Waals surface area contributed by atoms with Crippen molar-refractivity contribution in [3.05, 3.63) is 88.7 Å². The molecule has 3 rings (SSSR count). The zero-order valence-electron chi connectivity index (χ0n) is 24.0. The van der Waals surface area contributed by atoms with Gasteiger partial charge in [0.1, 0.15) is 0 Å². The van der Waals surface area contributed by atoms with Crippen molar-refractivity contribution >= 4 is 11.4 Å². The maximum absolute atomic E-state index is 4.59. The van der Waals surface area contributed by atoms with Crippen LogP contribution in [0, 0.1) is 0 Å². The number of rotatable bonds is 16. The van der Waals surface area contributed by atoms with Crippen molar-refractivity contribution in [2.75, 3.05) is 36.8 Å². The molecule has 0 aliphatic rings. The Bertz CT molecular complexity index is 942. The van der Waals surface area contributed by atoms with Crippen LogP contribution in [0.25, 0.3) is 0 Å². The van der Waals surface area contributed by atoms with Gasteiger partial charge in [-0.05, 0) is 72.9 Å². The summed E-state index contributed by atoms with van der Waals surface area (Å²) in [6, 6.07) is 19.6. The monoisotopic (exact) mass is 703 g/mol. The van der Waals surface area contributed by atoms with Crippen molar-refractivity contribution in [3.63, 3.8) is 0 Å². The molecule has 1 heterocycles. The number of para-hydroxylation sites is 2. The molecule has 4 nitrogen and oxygen atoms in total. The van der Waals surface area contributed by atoms with E-state index < -0.39 is 0 Å².